The van der Waals surface area contributed by atoms with E-state index in [1.165, 1.54) is 4.90 Å². The molecule has 0 saturated carbocycles. The van der Waals surface area contributed by atoms with Crippen molar-refractivity contribution in [1.82, 2.24) is 10.2 Å². The van der Waals surface area contributed by atoms with Crippen molar-refractivity contribution in [2.24, 2.45) is 0 Å². The van der Waals surface area contributed by atoms with E-state index in [2.05, 4.69) is 10.6 Å². The topological polar surface area (TPSA) is 117 Å². The Morgan fingerprint density at radius 2 is 1.65 bits per heavy atom. The van der Waals surface area contributed by atoms with Gasteiger partial charge in [-0.1, -0.05) is 30.3 Å². The number of ether oxygens (including phenoxy) is 2. The molecular weight excluding hydrogens is 438 g/mol. The maximum Gasteiger partial charge on any atom is 0.408 e. The molecule has 2 atom stereocenters. The van der Waals surface area contributed by atoms with Crippen molar-refractivity contribution in [3.8, 4) is 5.75 Å². The Hall–Kier alpha value is -3.59. The molecule has 9 nitrogen and oxygen atoms in total. The fourth-order valence-electron chi connectivity index (χ4n) is 3.29. The average molecular weight is 472 g/mol. The van der Waals surface area contributed by atoms with E-state index in [1.54, 1.807) is 89.4 Å². The lowest BCUT2D eigenvalue weighted by Gasteiger charge is -2.33. The van der Waals surface area contributed by atoms with Crippen LogP contribution in [0, 0.1) is 0 Å². The van der Waals surface area contributed by atoms with Crippen LogP contribution in [0.5, 0.6) is 5.75 Å². The molecule has 0 radical (unpaired) electrons. The van der Waals surface area contributed by atoms with Gasteiger partial charge in [-0.2, -0.15) is 0 Å². The molecule has 0 aliphatic heterocycles. The summed E-state index contributed by atoms with van der Waals surface area (Å²) in [7, 11) is 1.55. The number of hydrogen-bond donors (Lipinski definition) is 3. The number of anilines is 1. The van der Waals surface area contributed by atoms with Crippen molar-refractivity contribution in [2.75, 3.05) is 25.6 Å². The van der Waals surface area contributed by atoms with E-state index in [1.807, 2.05) is 0 Å². The van der Waals surface area contributed by atoms with Gasteiger partial charge >= 0.3 is 6.09 Å². The fraction of sp³-hybridized carbons (Fsp3) is 0.400. The second-order valence-electron chi connectivity index (χ2n) is 8.54. The minimum absolute atomic E-state index is 0.154. The maximum atomic E-state index is 13.4. The monoisotopic (exact) mass is 471 g/mol. The van der Waals surface area contributed by atoms with Crippen molar-refractivity contribution >= 4 is 23.6 Å². The quantitative estimate of drug-likeness (QED) is 0.517. The third-order valence-electron chi connectivity index (χ3n) is 4.83. The standard InChI is InChI=1S/C25H33N3O6/c1-6-28(23(31)20(16-29)27-24(32)34-25(2,3)4)21(17-10-8-7-9-11-17)22(30)26-18-12-14-19(33-5)15-13-18/h7-15,20-21,29H,6,16H2,1-5H3,(H,26,30)(H,27,32). The molecule has 0 saturated heterocycles. The lowest BCUT2D eigenvalue weighted by molar-refractivity contribution is -0.141. The zero-order valence-corrected chi connectivity index (χ0v) is 20.2. The Kier molecular flexibility index (Phi) is 9.44. The van der Waals surface area contributed by atoms with E-state index >= 15 is 0 Å². The molecule has 0 spiro atoms. The highest BCUT2D eigenvalue weighted by Gasteiger charge is 2.35. The van der Waals surface area contributed by atoms with E-state index in [4.69, 9.17) is 9.47 Å². The number of benzene rings is 2. The highest BCUT2D eigenvalue weighted by atomic mass is 16.6. The summed E-state index contributed by atoms with van der Waals surface area (Å²) in [6.07, 6.45) is -0.838. The number of hydrogen-bond acceptors (Lipinski definition) is 6. The van der Waals surface area contributed by atoms with Gasteiger partial charge in [-0.15, -0.1) is 0 Å². The molecule has 2 unspecified atom stereocenters. The number of carbonyl (C=O) groups is 3. The average Bonchev–Trinajstić information content (AvgIpc) is 2.80. The molecule has 2 aromatic carbocycles. The summed E-state index contributed by atoms with van der Waals surface area (Å²) in [4.78, 5) is 40.3. The molecule has 0 aliphatic rings. The van der Waals surface area contributed by atoms with E-state index in [9.17, 15) is 19.5 Å². The van der Waals surface area contributed by atoms with Crippen LogP contribution in [0.15, 0.2) is 54.6 Å². The van der Waals surface area contributed by atoms with Crippen LogP contribution >= 0.6 is 0 Å². The van der Waals surface area contributed by atoms with Gasteiger partial charge in [-0.25, -0.2) is 4.79 Å². The van der Waals surface area contributed by atoms with Gasteiger partial charge in [0.25, 0.3) is 5.91 Å². The molecule has 184 valence electrons. The maximum absolute atomic E-state index is 13.4. The number of rotatable bonds is 9. The SMILES string of the molecule is CCN(C(=O)C(CO)NC(=O)OC(C)(C)C)C(C(=O)Nc1ccc(OC)cc1)c1ccccc1. The fourth-order valence-corrected chi connectivity index (χ4v) is 3.29. The second-order valence-corrected chi connectivity index (χ2v) is 8.54. The Morgan fingerprint density at radius 1 is 1.03 bits per heavy atom. The zero-order valence-electron chi connectivity index (χ0n) is 20.2. The van der Waals surface area contributed by atoms with Gasteiger partial charge < -0.3 is 30.1 Å². The van der Waals surface area contributed by atoms with E-state index in [0.717, 1.165) is 0 Å². The number of carbonyl (C=O) groups excluding carboxylic acids is 3. The Balaban J connectivity index is 2.32. The van der Waals surface area contributed by atoms with Crippen LogP contribution in [-0.4, -0.2) is 59.8 Å². The van der Waals surface area contributed by atoms with Gasteiger partial charge in [0.2, 0.25) is 5.91 Å². The smallest absolute Gasteiger partial charge is 0.408 e. The summed E-state index contributed by atoms with van der Waals surface area (Å²) in [5.74, 6) is -0.419. The number of amides is 3. The van der Waals surface area contributed by atoms with Crippen molar-refractivity contribution in [2.45, 2.75) is 45.4 Å². The Bertz CT molecular complexity index is 957. The van der Waals surface area contributed by atoms with Gasteiger partial charge in [-0.3, -0.25) is 9.59 Å². The number of methoxy groups -OCH3 is 1. The molecule has 2 rings (SSSR count). The molecule has 3 amide bonds. The van der Waals surface area contributed by atoms with Gasteiger partial charge in [0, 0.05) is 12.2 Å². The highest BCUT2D eigenvalue weighted by Crippen LogP contribution is 2.25. The normalized spacial score (nSPS) is 12.8. The lowest BCUT2D eigenvalue weighted by Crippen LogP contribution is -2.53. The van der Waals surface area contributed by atoms with Crippen LogP contribution in [-0.2, 0) is 14.3 Å². The number of alkyl carbamates (subject to hydrolysis) is 1. The van der Waals surface area contributed by atoms with E-state index in [-0.39, 0.29) is 6.54 Å². The molecule has 9 heteroatoms. The predicted molar refractivity (Wildman–Crippen MR) is 128 cm³/mol. The van der Waals surface area contributed by atoms with Crippen LogP contribution in [0.25, 0.3) is 0 Å². The van der Waals surface area contributed by atoms with Gasteiger partial charge in [0.05, 0.1) is 13.7 Å². The van der Waals surface area contributed by atoms with Gasteiger partial charge in [0.1, 0.15) is 23.4 Å². The number of nitrogens with zero attached hydrogens (tertiary/aromatic N) is 1. The van der Waals surface area contributed by atoms with Gasteiger partial charge in [-0.05, 0) is 57.5 Å². The molecule has 3 N–H and O–H groups in total. The van der Waals surface area contributed by atoms with Gasteiger partial charge in [0.15, 0.2) is 0 Å². The van der Waals surface area contributed by atoms with E-state index < -0.39 is 42.2 Å². The minimum Gasteiger partial charge on any atom is -0.497 e. The predicted octanol–water partition coefficient (Wildman–Crippen LogP) is 3.11. The number of aliphatic hydroxyl groups excluding tert-OH is 1. The molecular formula is C25H33N3O6. The molecule has 0 aliphatic carbocycles. The summed E-state index contributed by atoms with van der Waals surface area (Å²) < 4.78 is 10.3. The number of aliphatic hydroxyl groups is 1. The molecule has 2 aromatic rings. The molecule has 34 heavy (non-hydrogen) atoms. The van der Waals surface area contributed by atoms with Crippen molar-refractivity contribution in [1.29, 1.82) is 0 Å². The minimum atomic E-state index is -1.28. The van der Waals surface area contributed by atoms with Crippen LogP contribution in [0.2, 0.25) is 0 Å². The first-order chi connectivity index (χ1) is 16.1. The third-order valence-corrected chi connectivity index (χ3v) is 4.83. The Labute approximate surface area is 200 Å². The summed E-state index contributed by atoms with van der Waals surface area (Å²) in [6.45, 7) is 6.29. The summed E-state index contributed by atoms with van der Waals surface area (Å²) in [5.41, 5.74) is 0.334. The molecule has 0 fully saturated rings. The first-order valence-electron chi connectivity index (χ1n) is 11.0. The van der Waals surface area contributed by atoms with Crippen molar-refractivity contribution in [3.05, 3.63) is 60.2 Å². The zero-order chi connectivity index (χ0) is 25.3. The highest BCUT2D eigenvalue weighted by molar-refractivity contribution is 5.99. The molecule has 0 aromatic heterocycles. The summed E-state index contributed by atoms with van der Waals surface area (Å²) in [5, 5.41) is 15.1. The van der Waals surface area contributed by atoms with Crippen LogP contribution in [0.1, 0.15) is 39.3 Å². The van der Waals surface area contributed by atoms with E-state index in [0.29, 0.717) is 17.0 Å². The summed E-state index contributed by atoms with van der Waals surface area (Å²) >= 11 is 0. The van der Waals surface area contributed by atoms with Crippen LogP contribution in [0.4, 0.5) is 10.5 Å². The number of nitrogens with one attached hydrogen (secondary N) is 2. The first kappa shape index (κ1) is 26.7. The van der Waals surface area contributed by atoms with Crippen LogP contribution in [0.3, 0.4) is 0 Å². The number of likely N-dealkylation sites (N-methyl/N-ethyl adjacent to an activating group) is 1. The molecule has 0 heterocycles. The largest absolute Gasteiger partial charge is 0.497 e. The first-order valence-corrected chi connectivity index (χ1v) is 11.0. The van der Waals surface area contributed by atoms with Crippen molar-refractivity contribution < 1.29 is 29.0 Å². The van der Waals surface area contributed by atoms with Crippen molar-refractivity contribution in [3.63, 3.8) is 0 Å². The molecule has 0 bridgehead atoms. The van der Waals surface area contributed by atoms with Crippen LogP contribution < -0.4 is 15.4 Å². The second kappa shape index (κ2) is 12.0. The lowest BCUT2D eigenvalue weighted by atomic mass is 10.0. The third kappa shape index (κ3) is 7.48. The summed E-state index contributed by atoms with van der Waals surface area (Å²) in [6, 6.07) is 13.3. The Morgan fingerprint density at radius 3 is 2.15 bits per heavy atom.